The second kappa shape index (κ2) is 7.98. The lowest BCUT2D eigenvalue weighted by atomic mass is 10.1. The lowest BCUT2D eigenvalue weighted by molar-refractivity contribution is 0.942. The first-order valence-corrected chi connectivity index (χ1v) is 13.4. The summed E-state index contributed by atoms with van der Waals surface area (Å²) in [5.41, 5.74) is 6.44. The molecule has 40 heavy (non-hydrogen) atoms. The Bertz CT molecular complexity index is 2310. The lowest BCUT2D eigenvalue weighted by Gasteiger charge is -2.11. The summed E-state index contributed by atoms with van der Waals surface area (Å²) in [6, 6.07) is 44.1. The van der Waals surface area contributed by atoms with Crippen LogP contribution in [0.2, 0.25) is 0 Å². The molecule has 0 N–H and O–H groups in total. The van der Waals surface area contributed by atoms with Gasteiger partial charge in [0.2, 0.25) is 5.95 Å². The van der Waals surface area contributed by atoms with Gasteiger partial charge in [-0.15, -0.1) is 0 Å². The molecule has 0 fully saturated rings. The van der Waals surface area contributed by atoms with E-state index in [0.29, 0.717) is 17.6 Å². The zero-order chi connectivity index (χ0) is 26.2. The van der Waals surface area contributed by atoms with Gasteiger partial charge in [0.05, 0.1) is 16.6 Å². The average Bonchev–Trinajstić information content (AvgIpc) is 3.66. The zero-order valence-corrected chi connectivity index (χ0v) is 21.4. The molecule has 0 spiro atoms. The summed E-state index contributed by atoms with van der Waals surface area (Å²) in [4.78, 5) is 15.2. The molecule has 9 aromatic rings. The van der Waals surface area contributed by atoms with Gasteiger partial charge in [-0.25, -0.2) is 4.98 Å². The van der Waals surface area contributed by atoms with Crippen LogP contribution in [0, 0.1) is 0 Å². The summed E-state index contributed by atoms with van der Waals surface area (Å²) in [7, 11) is 0. The molecular weight excluding hydrogens is 490 g/mol. The summed E-state index contributed by atoms with van der Waals surface area (Å²) >= 11 is 0. The third kappa shape index (κ3) is 2.83. The topological polar surface area (TPSA) is 48.0 Å². The van der Waals surface area contributed by atoms with Gasteiger partial charge in [0, 0.05) is 38.1 Å². The van der Waals surface area contributed by atoms with E-state index in [-0.39, 0.29) is 0 Å². The number of nitrogens with zero attached hydrogens (tertiary/aromatic N) is 5. The van der Waals surface area contributed by atoms with Crippen molar-refractivity contribution in [1.29, 1.82) is 0 Å². The second-order valence-corrected chi connectivity index (χ2v) is 10.1. The van der Waals surface area contributed by atoms with Crippen LogP contribution in [0.1, 0.15) is 0 Å². The van der Waals surface area contributed by atoms with Crippen molar-refractivity contribution >= 4 is 49.1 Å². The number of fused-ring (bicyclic) bond motifs is 8. The molecule has 0 amide bonds. The molecule has 0 saturated heterocycles. The fourth-order valence-electron chi connectivity index (χ4n) is 6.24. The number of rotatable bonds is 3. The Kier molecular flexibility index (Phi) is 4.27. The minimum absolute atomic E-state index is 0.601. The molecule has 4 heterocycles. The smallest absolute Gasteiger partial charge is 0.239 e. The van der Waals surface area contributed by atoms with Gasteiger partial charge in [-0.3, -0.25) is 8.97 Å². The van der Waals surface area contributed by atoms with Crippen molar-refractivity contribution in [3.8, 4) is 28.7 Å². The number of hydrogen-bond donors (Lipinski definition) is 0. The van der Waals surface area contributed by atoms with Crippen molar-refractivity contribution in [2.24, 2.45) is 0 Å². The molecule has 9 rings (SSSR count). The van der Waals surface area contributed by atoms with Crippen LogP contribution in [-0.2, 0) is 0 Å². The molecule has 0 aliphatic heterocycles. The van der Waals surface area contributed by atoms with Crippen LogP contribution in [0.15, 0.2) is 127 Å². The number of hydrogen-bond acceptors (Lipinski definition) is 3. The summed E-state index contributed by atoms with van der Waals surface area (Å²) in [5.74, 6) is 1.90. The Morgan fingerprint density at radius 2 is 0.975 bits per heavy atom. The maximum Gasteiger partial charge on any atom is 0.239 e. The van der Waals surface area contributed by atoms with Crippen molar-refractivity contribution in [1.82, 2.24) is 23.9 Å². The van der Waals surface area contributed by atoms with Gasteiger partial charge >= 0.3 is 0 Å². The van der Waals surface area contributed by atoms with Crippen molar-refractivity contribution < 1.29 is 0 Å². The van der Waals surface area contributed by atoms with Crippen molar-refractivity contribution in [3.05, 3.63) is 127 Å². The Balaban J connectivity index is 1.49. The molecule has 0 unspecified atom stereocenters. The second-order valence-electron chi connectivity index (χ2n) is 10.1. The third-order valence-electron chi connectivity index (χ3n) is 7.91. The molecule has 0 aliphatic carbocycles. The molecule has 0 atom stereocenters. The van der Waals surface area contributed by atoms with E-state index < -0.39 is 0 Å². The first kappa shape index (κ1) is 21.4. The summed E-state index contributed by atoms with van der Waals surface area (Å²) in [6.45, 7) is 0. The van der Waals surface area contributed by atoms with Crippen molar-refractivity contribution in [3.63, 3.8) is 0 Å². The molecule has 5 aromatic carbocycles. The SMILES string of the molecule is c1ccc(-c2nc(-c3ccccc3)nc(-n3c4ccccc4c4c5cccc6c7ccccc7n(c65)c43)n2)cc1. The van der Waals surface area contributed by atoms with E-state index in [2.05, 4.69) is 75.7 Å². The predicted molar refractivity (Wildman–Crippen MR) is 162 cm³/mol. The fourth-order valence-corrected chi connectivity index (χ4v) is 6.24. The molecule has 0 bridgehead atoms. The maximum absolute atomic E-state index is 5.12. The molecule has 186 valence electrons. The van der Waals surface area contributed by atoms with Gasteiger partial charge in [0.15, 0.2) is 11.6 Å². The Hall–Kier alpha value is -5.55. The van der Waals surface area contributed by atoms with Crippen LogP contribution in [0.3, 0.4) is 0 Å². The largest absolute Gasteiger partial charge is 0.294 e. The molecule has 4 aromatic heterocycles. The molecule has 0 saturated carbocycles. The summed E-state index contributed by atoms with van der Waals surface area (Å²) < 4.78 is 4.61. The molecular formula is C35H21N5. The van der Waals surface area contributed by atoms with E-state index in [1.807, 2.05) is 60.7 Å². The number of aromatic nitrogens is 5. The van der Waals surface area contributed by atoms with Crippen LogP contribution in [0.25, 0.3) is 77.9 Å². The monoisotopic (exact) mass is 511 g/mol. The first-order chi connectivity index (χ1) is 19.9. The van der Waals surface area contributed by atoms with Crippen LogP contribution < -0.4 is 0 Å². The van der Waals surface area contributed by atoms with E-state index in [1.54, 1.807) is 0 Å². The van der Waals surface area contributed by atoms with Crippen LogP contribution in [0.5, 0.6) is 0 Å². The normalized spacial score (nSPS) is 12.0. The summed E-state index contributed by atoms with van der Waals surface area (Å²) in [5, 5.41) is 6.13. The highest BCUT2D eigenvalue weighted by atomic mass is 15.2. The maximum atomic E-state index is 5.12. The van der Waals surface area contributed by atoms with Gasteiger partial charge in [-0.05, 0) is 12.1 Å². The van der Waals surface area contributed by atoms with E-state index in [4.69, 9.17) is 15.0 Å². The lowest BCUT2D eigenvalue weighted by Crippen LogP contribution is -2.07. The highest BCUT2D eigenvalue weighted by molar-refractivity contribution is 6.29. The third-order valence-corrected chi connectivity index (χ3v) is 7.91. The predicted octanol–water partition coefficient (Wildman–Crippen LogP) is 8.30. The fraction of sp³-hybridized carbons (Fsp3) is 0. The Morgan fingerprint density at radius 1 is 0.425 bits per heavy atom. The highest BCUT2D eigenvalue weighted by Crippen LogP contribution is 2.43. The Labute approximate surface area is 229 Å². The standard InChI is InChI=1S/C35H21N5/c1-3-12-22(13-4-1)32-36-33(23-14-5-2-6-15-23)38-35(37-32)40-29-21-10-8-17-26(29)30-27-19-11-18-25-24-16-7-9-20-28(24)39(31(25)27)34(30)40/h1-21H. The average molecular weight is 512 g/mol. The highest BCUT2D eigenvalue weighted by Gasteiger charge is 2.25. The van der Waals surface area contributed by atoms with Gasteiger partial charge in [-0.2, -0.15) is 9.97 Å². The molecule has 5 nitrogen and oxygen atoms in total. The number of para-hydroxylation sites is 3. The van der Waals surface area contributed by atoms with Crippen molar-refractivity contribution in [2.75, 3.05) is 0 Å². The van der Waals surface area contributed by atoms with E-state index >= 15 is 0 Å². The van der Waals surface area contributed by atoms with Crippen LogP contribution in [0.4, 0.5) is 0 Å². The van der Waals surface area contributed by atoms with Crippen molar-refractivity contribution in [2.45, 2.75) is 0 Å². The van der Waals surface area contributed by atoms with Crippen LogP contribution in [-0.4, -0.2) is 23.9 Å². The van der Waals surface area contributed by atoms with E-state index in [0.717, 1.165) is 22.3 Å². The van der Waals surface area contributed by atoms with Gasteiger partial charge in [-0.1, -0.05) is 115 Å². The number of benzene rings is 5. The first-order valence-electron chi connectivity index (χ1n) is 13.4. The zero-order valence-electron chi connectivity index (χ0n) is 21.4. The van der Waals surface area contributed by atoms with Gasteiger partial charge < -0.3 is 0 Å². The van der Waals surface area contributed by atoms with Crippen LogP contribution >= 0.6 is 0 Å². The minimum atomic E-state index is 0.601. The van der Waals surface area contributed by atoms with Gasteiger partial charge in [0.25, 0.3) is 0 Å². The molecule has 5 heteroatoms. The Morgan fingerprint density at radius 3 is 1.68 bits per heavy atom. The summed E-state index contributed by atoms with van der Waals surface area (Å²) in [6.07, 6.45) is 0. The molecule has 0 radical (unpaired) electrons. The quantitative estimate of drug-likeness (QED) is 0.240. The molecule has 0 aliphatic rings. The minimum Gasteiger partial charge on any atom is -0.294 e. The van der Waals surface area contributed by atoms with E-state index in [1.165, 1.54) is 38.0 Å². The van der Waals surface area contributed by atoms with Gasteiger partial charge in [0.1, 0.15) is 5.65 Å². The van der Waals surface area contributed by atoms with E-state index in [9.17, 15) is 0 Å².